The van der Waals surface area contributed by atoms with Crippen molar-refractivity contribution in [3.8, 4) is 0 Å². The molecule has 0 bridgehead atoms. The van der Waals surface area contributed by atoms with Crippen LogP contribution >= 0.6 is 0 Å². The second-order valence-corrected chi connectivity index (χ2v) is 1.83. The maximum atomic E-state index is 3.54. The fourth-order valence-electron chi connectivity index (χ4n) is 0.566. The molecule has 0 fully saturated rings. The molecule has 2 nitrogen and oxygen atoms in total. The molecule has 1 atom stereocenters. The van der Waals surface area contributed by atoms with E-state index in [0.717, 1.165) is 6.54 Å². The van der Waals surface area contributed by atoms with Crippen LogP contribution in [0.3, 0.4) is 0 Å². The van der Waals surface area contributed by atoms with Gasteiger partial charge in [0.25, 0.3) is 0 Å². The zero-order valence-electron chi connectivity index (χ0n) is 5.57. The predicted octanol–water partition coefficient (Wildman–Crippen LogP) is 0.327. The lowest BCUT2D eigenvalue weighted by molar-refractivity contribution is 0.595. The molecule has 48 valence electrons. The van der Waals surface area contributed by atoms with Crippen molar-refractivity contribution in [3.63, 3.8) is 0 Å². The Bertz CT molecular complexity index is 61.5. The molecule has 0 saturated heterocycles. The van der Waals surface area contributed by atoms with E-state index in [1.54, 1.807) is 6.20 Å². The van der Waals surface area contributed by atoms with Crippen molar-refractivity contribution in [3.05, 3.63) is 12.8 Å². The minimum atomic E-state index is 0.484. The van der Waals surface area contributed by atoms with Gasteiger partial charge in [-0.1, -0.05) is 6.58 Å². The SMILES string of the molecule is C=CN[C@H](C)CNC. The van der Waals surface area contributed by atoms with Crippen molar-refractivity contribution in [2.45, 2.75) is 13.0 Å². The molecule has 0 unspecified atom stereocenters. The van der Waals surface area contributed by atoms with Crippen LogP contribution in [0.15, 0.2) is 12.8 Å². The topological polar surface area (TPSA) is 24.1 Å². The highest BCUT2D eigenvalue weighted by Gasteiger charge is 1.91. The lowest BCUT2D eigenvalue weighted by Crippen LogP contribution is -2.31. The third-order valence-corrected chi connectivity index (χ3v) is 0.913. The first-order valence-corrected chi connectivity index (χ1v) is 2.82. The van der Waals surface area contributed by atoms with Gasteiger partial charge in [-0.2, -0.15) is 0 Å². The molecule has 0 aliphatic heterocycles. The summed E-state index contributed by atoms with van der Waals surface area (Å²) in [6, 6.07) is 0.484. The van der Waals surface area contributed by atoms with E-state index in [-0.39, 0.29) is 0 Å². The molecule has 2 N–H and O–H groups in total. The Morgan fingerprint density at radius 3 is 2.75 bits per heavy atom. The predicted molar refractivity (Wildman–Crippen MR) is 36.7 cm³/mol. The second kappa shape index (κ2) is 4.65. The number of hydrogen-bond acceptors (Lipinski definition) is 2. The molecule has 2 heteroatoms. The van der Waals surface area contributed by atoms with E-state index in [0.29, 0.717) is 6.04 Å². The van der Waals surface area contributed by atoms with E-state index in [1.165, 1.54) is 0 Å². The highest BCUT2D eigenvalue weighted by Crippen LogP contribution is 1.74. The van der Waals surface area contributed by atoms with Gasteiger partial charge in [0.1, 0.15) is 0 Å². The molecule has 0 rings (SSSR count). The average molecular weight is 114 g/mol. The van der Waals surface area contributed by atoms with E-state index in [1.807, 2.05) is 7.05 Å². The fraction of sp³-hybridized carbons (Fsp3) is 0.667. The molecule has 0 saturated carbocycles. The van der Waals surface area contributed by atoms with Crippen LogP contribution in [0.4, 0.5) is 0 Å². The summed E-state index contributed by atoms with van der Waals surface area (Å²) in [5.74, 6) is 0. The van der Waals surface area contributed by atoms with Crippen molar-refractivity contribution in [1.29, 1.82) is 0 Å². The summed E-state index contributed by atoms with van der Waals surface area (Å²) in [7, 11) is 1.93. The van der Waals surface area contributed by atoms with Crippen molar-refractivity contribution >= 4 is 0 Å². The highest BCUT2D eigenvalue weighted by molar-refractivity contribution is 4.70. The van der Waals surface area contributed by atoms with Crippen LogP contribution in [-0.2, 0) is 0 Å². The molecule has 0 aromatic heterocycles. The normalized spacial score (nSPS) is 12.8. The molecule has 8 heavy (non-hydrogen) atoms. The molecule has 0 heterocycles. The second-order valence-electron chi connectivity index (χ2n) is 1.83. The Morgan fingerprint density at radius 2 is 2.38 bits per heavy atom. The van der Waals surface area contributed by atoms with E-state index in [4.69, 9.17) is 0 Å². The van der Waals surface area contributed by atoms with Gasteiger partial charge in [0.05, 0.1) is 0 Å². The molecule has 0 radical (unpaired) electrons. The molecule has 0 spiro atoms. The van der Waals surface area contributed by atoms with Crippen molar-refractivity contribution in [2.75, 3.05) is 13.6 Å². The van der Waals surface area contributed by atoms with Crippen molar-refractivity contribution in [2.24, 2.45) is 0 Å². The van der Waals surface area contributed by atoms with Gasteiger partial charge in [0.15, 0.2) is 0 Å². The summed E-state index contributed by atoms with van der Waals surface area (Å²) in [6.07, 6.45) is 1.71. The largest absolute Gasteiger partial charge is 0.388 e. The molecule has 0 aliphatic rings. The minimum Gasteiger partial charge on any atom is -0.388 e. The van der Waals surface area contributed by atoms with Crippen molar-refractivity contribution < 1.29 is 0 Å². The Labute approximate surface area is 51.0 Å². The molecule has 0 aliphatic carbocycles. The smallest absolute Gasteiger partial charge is 0.0351 e. The third kappa shape index (κ3) is 3.68. The zero-order chi connectivity index (χ0) is 6.41. The molecular formula is C6H14N2. The van der Waals surface area contributed by atoms with Crippen LogP contribution < -0.4 is 10.6 Å². The van der Waals surface area contributed by atoms with Gasteiger partial charge in [-0.15, -0.1) is 0 Å². The Balaban J connectivity index is 3.03. The van der Waals surface area contributed by atoms with Gasteiger partial charge in [0.2, 0.25) is 0 Å². The van der Waals surface area contributed by atoms with E-state index in [2.05, 4.69) is 24.1 Å². The molecule has 0 amide bonds. The monoisotopic (exact) mass is 114 g/mol. The Morgan fingerprint density at radius 1 is 1.75 bits per heavy atom. The van der Waals surface area contributed by atoms with Crippen LogP contribution in [0.25, 0.3) is 0 Å². The Kier molecular flexibility index (Phi) is 4.36. The number of nitrogens with one attached hydrogen (secondary N) is 2. The minimum absolute atomic E-state index is 0.484. The molecular weight excluding hydrogens is 100 g/mol. The van der Waals surface area contributed by atoms with Crippen molar-refractivity contribution in [1.82, 2.24) is 10.6 Å². The summed E-state index contributed by atoms with van der Waals surface area (Å²) in [6.45, 7) is 6.62. The summed E-state index contributed by atoms with van der Waals surface area (Å²) < 4.78 is 0. The van der Waals surface area contributed by atoms with Gasteiger partial charge >= 0.3 is 0 Å². The maximum absolute atomic E-state index is 3.54. The summed E-state index contributed by atoms with van der Waals surface area (Å²) in [5.41, 5.74) is 0. The van der Waals surface area contributed by atoms with Gasteiger partial charge in [-0.25, -0.2) is 0 Å². The fourth-order valence-corrected chi connectivity index (χ4v) is 0.566. The maximum Gasteiger partial charge on any atom is 0.0351 e. The standard InChI is InChI=1S/C6H14N2/c1-4-8-6(2)5-7-3/h4,6-8H,1,5H2,2-3H3/t6-/m1/s1. The first kappa shape index (κ1) is 7.50. The van der Waals surface area contributed by atoms with E-state index < -0.39 is 0 Å². The van der Waals surface area contributed by atoms with Crippen LogP contribution in [-0.4, -0.2) is 19.6 Å². The van der Waals surface area contributed by atoms with Crippen LogP contribution in [0.2, 0.25) is 0 Å². The summed E-state index contributed by atoms with van der Waals surface area (Å²) >= 11 is 0. The summed E-state index contributed by atoms with van der Waals surface area (Å²) in [5, 5.41) is 6.09. The van der Waals surface area contributed by atoms with Crippen LogP contribution in [0.5, 0.6) is 0 Å². The van der Waals surface area contributed by atoms with E-state index in [9.17, 15) is 0 Å². The highest BCUT2D eigenvalue weighted by atomic mass is 14.9. The van der Waals surface area contributed by atoms with Crippen LogP contribution in [0.1, 0.15) is 6.92 Å². The molecule has 0 aromatic rings. The zero-order valence-corrected chi connectivity index (χ0v) is 5.57. The lowest BCUT2D eigenvalue weighted by Gasteiger charge is -2.08. The van der Waals surface area contributed by atoms with Crippen LogP contribution in [0, 0.1) is 0 Å². The van der Waals surface area contributed by atoms with E-state index >= 15 is 0 Å². The molecule has 0 aromatic carbocycles. The number of hydrogen-bond donors (Lipinski definition) is 2. The number of rotatable bonds is 4. The first-order chi connectivity index (χ1) is 3.81. The first-order valence-electron chi connectivity index (χ1n) is 2.82. The average Bonchev–Trinajstić information content (AvgIpc) is 1.68. The third-order valence-electron chi connectivity index (χ3n) is 0.913. The van der Waals surface area contributed by atoms with Gasteiger partial charge < -0.3 is 10.6 Å². The summed E-state index contributed by atoms with van der Waals surface area (Å²) in [4.78, 5) is 0. The van der Waals surface area contributed by atoms with Gasteiger partial charge in [0, 0.05) is 12.6 Å². The van der Waals surface area contributed by atoms with Gasteiger partial charge in [-0.3, -0.25) is 0 Å². The quantitative estimate of drug-likeness (QED) is 0.550. The van der Waals surface area contributed by atoms with Gasteiger partial charge in [-0.05, 0) is 20.2 Å². The number of likely N-dealkylation sites (N-methyl/N-ethyl adjacent to an activating group) is 1. The Hall–Kier alpha value is -0.500. The lowest BCUT2D eigenvalue weighted by atomic mass is 10.3.